The maximum atomic E-state index is 12.4. The maximum Gasteiger partial charge on any atom is 0.257 e. The van der Waals surface area contributed by atoms with Gasteiger partial charge in [0, 0.05) is 10.7 Å². The summed E-state index contributed by atoms with van der Waals surface area (Å²) in [5.41, 5.74) is 3.92. The third kappa shape index (κ3) is 3.07. The predicted octanol–water partition coefficient (Wildman–Crippen LogP) is 5.12. The first-order chi connectivity index (χ1) is 10.1. The molecule has 108 valence electrons. The smallest absolute Gasteiger partial charge is 0.257 e. The summed E-state index contributed by atoms with van der Waals surface area (Å²) in [6, 6.07) is 11.0. The third-order valence-corrected chi connectivity index (χ3v) is 4.37. The zero-order valence-electron chi connectivity index (χ0n) is 11.5. The van der Waals surface area contributed by atoms with Crippen LogP contribution in [0.5, 0.6) is 0 Å². The van der Waals surface area contributed by atoms with Crippen molar-refractivity contribution < 1.29 is 4.79 Å². The van der Waals surface area contributed by atoms with Crippen LogP contribution in [0.15, 0.2) is 36.4 Å². The maximum absolute atomic E-state index is 12.4. The van der Waals surface area contributed by atoms with Gasteiger partial charge in [0.2, 0.25) is 0 Å². The topological polar surface area (TPSA) is 29.1 Å². The summed E-state index contributed by atoms with van der Waals surface area (Å²) in [7, 11) is 0. The standard InChI is InChI=1S/C17H15Cl2NO/c18-12-8-9-14(15(19)10-12)17(21)20-16-7-3-5-11-4-1-2-6-13(11)16/h3,5,7-10H,1-2,4,6H2,(H,20,21). The predicted molar refractivity (Wildman–Crippen MR) is 87.5 cm³/mol. The highest BCUT2D eigenvalue weighted by Crippen LogP contribution is 2.29. The molecule has 2 nitrogen and oxygen atoms in total. The molecule has 0 spiro atoms. The molecule has 0 saturated carbocycles. The van der Waals surface area contributed by atoms with E-state index < -0.39 is 0 Å². The van der Waals surface area contributed by atoms with Gasteiger partial charge < -0.3 is 5.32 Å². The molecule has 1 amide bonds. The van der Waals surface area contributed by atoms with Crippen LogP contribution in [0.3, 0.4) is 0 Å². The van der Waals surface area contributed by atoms with Crippen LogP contribution in [0, 0.1) is 0 Å². The van der Waals surface area contributed by atoms with Gasteiger partial charge in [-0.15, -0.1) is 0 Å². The van der Waals surface area contributed by atoms with Gasteiger partial charge in [-0.1, -0.05) is 35.3 Å². The van der Waals surface area contributed by atoms with E-state index in [4.69, 9.17) is 23.2 Å². The van der Waals surface area contributed by atoms with Gasteiger partial charge in [0.1, 0.15) is 0 Å². The Balaban J connectivity index is 1.88. The van der Waals surface area contributed by atoms with E-state index in [-0.39, 0.29) is 5.91 Å². The fourth-order valence-electron chi connectivity index (χ4n) is 2.76. The van der Waals surface area contributed by atoms with Crippen molar-refractivity contribution in [1.82, 2.24) is 0 Å². The van der Waals surface area contributed by atoms with Crippen molar-refractivity contribution in [2.45, 2.75) is 25.7 Å². The summed E-state index contributed by atoms with van der Waals surface area (Å²) in [6.45, 7) is 0. The lowest BCUT2D eigenvalue weighted by Gasteiger charge is -2.19. The van der Waals surface area contributed by atoms with Gasteiger partial charge in [-0.25, -0.2) is 0 Å². The Bertz CT molecular complexity index is 697. The lowest BCUT2D eigenvalue weighted by Crippen LogP contribution is -2.15. The van der Waals surface area contributed by atoms with Crippen LogP contribution in [-0.4, -0.2) is 5.91 Å². The van der Waals surface area contributed by atoms with E-state index >= 15 is 0 Å². The van der Waals surface area contributed by atoms with Crippen molar-refractivity contribution in [3.8, 4) is 0 Å². The van der Waals surface area contributed by atoms with E-state index in [9.17, 15) is 4.79 Å². The van der Waals surface area contributed by atoms with Gasteiger partial charge in [-0.2, -0.15) is 0 Å². The molecule has 0 bridgehead atoms. The molecule has 0 fully saturated rings. The summed E-state index contributed by atoms with van der Waals surface area (Å²) in [5, 5.41) is 3.87. The fraction of sp³-hybridized carbons (Fsp3) is 0.235. The van der Waals surface area contributed by atoms with Crippen molar-refractivity contribution >= 4 is 34.8 Å². The van der Waals surface area contributed by atoms with Crippen molar-refractivity contribution in [2.24, 2.45) is 0 Å². The Morgan fingerprint density at radius 3 is 2.67 bits per heavy atom. The number of benzene rings is 2. The molecule has 1 aliphatic carbocycles. The fourth-order valence-corrected chi connectivity index (χ4v) is 3.26. The van der Waals surface area contributed by atoms with Crippen LogP contribution in [0.4, 0.5) is 5.69 Å². The number of nitrogens with one attached hydrogen (secondary N) is 1. The molecule has 2 aromatic carbocycles. The van der Waals surface area contributed by atoms with E-state index in [1.165, 1.54) is 24.0 Å². The van der Waals surface area contributed by atoms with Gasteiger partial charge in [0.05, 0.1) is 10.6 Å². The zero-order valence-corrected chi connectivity index (χ0v) is 13.0. The number of hydrogen-bond donors (Lipinski definition) is 1. The quantitative estimate of drug-likeness (QED) is 0.817. The van der Waals surface area contributed by atoms with Gasteiger partial charge in [-0.3, -0.25) is 4.79 Å². The first-order valence-electron chi connectivity index (χ1n) is 7.02. The minimum Gasteiger partial charge on any atom is -0.322 e. The first kappa shape index (κ1) is 14.4. The van der Waals surface area contributed by atoms with Crippen LogP contribution in [0.2, 0.25) is 10.0 Å². The number of amides is 1. The van der Waals surface area contributed by atoms with Crippen LogP contribution in [0.25, 0.3) is 0 Å². The highest BCUT2D eigenvalue weighted by Gasteiger charge is 2.16. The molecule has 21 heavy (non-hydrogen) atoms. The number of fused-ring (bicyclic) bond motifs is 1. The average molecular weight is 320 g/mol. The highest BCUT2D eigenvalue weighted by atomic mass is 35.5. The molecule has 0 heterocycles. The minimum atomic E-state index is -0.198. The zero-order chi connectivity index (χ0) is 14.8. The monoisotopic (exact) mass is 319 g/mol. The molecule has 0 unspecified atom stereocenters. The second kappa shape index (κ2) is 6.08. The van der Waals surface area contributed by atoms with Crippen molar-refractivity contribution in [2.75, 3.05) is 5.32 Å². The third-order valence-electron chi connectivity index (χ3n) is 3.82. The van der Waals surface area contributed by atoms with Gasteiger partial charge >= 0.3 is 0 Å². The molecule has 4 heteroatoms. The molecule has 2 aromatic rings. The number of hydrogen-bond acceptors (Lipinski definition) is 1. The molecule has 0 radical (unpaired) electrons. The van der Waals surface area contributed by atoms with Crippen LogP contribution < -0.4 is 5.32 Å². The number of halogens is 2. The Morgan fingerprint density at radius 1 is 1.05 bits per heavy atom. The van der Waals surface area contributed by atoms with Gasteiger partial charge in [0.25, 0.3) is 5.91 Å². The Kier molecular flexibility index (Phi) is 4.18. The largest absolute Gasteiger partial charge is 0.322 e. The summed E-state index contributed by atoms with van der Waals surface area (Å²) < 4.78 is 0. The minimum absolute atomic E-state index is 0.198. The van der Waals surface area contributed by atoms with Crippen LogP contribution >= 0.6 is 23.2 Å². The summed E-state index contributed by atoms with van der Waals surface area (Å²) in [5.74, 6) is -0.198. The molecule has 1 aliphatic rings. The average Bonchev–Trinajstić information content (AvgIpc) is 2.47. The van der Waals surface area contributed by atoms with Crippen molar-refractivity contribution in [3.63, 3.8) is 0 Å². The lowest BCUT2D eigenvalue weighted by molar-refractivity contribution is 0.102. The van der Waals surface area contributed by atoms with Crippen molar-refractivity contribution in [1.29, 1.82) is 0 Å². The Labute approximate surface area is 134 Å². The molecule has 1 N–H and O–H groups in total. The van der Waals surface area contributed by atoms with E-state index in [0.29, 0.717) is 15.6 Å². The SMILES string of the molecule is O=C(Nc1cccc2c1CCCC2)c1ccc(Cl)cc1Cl. The number of aryl methyl sites for hydroxylation is 1. The molecule has 0 aliphatic heterocycles. The van der Waals surface area contributed by atoms with E-state index in [1.807, 2.05) is 12.1 Å². The molecule has 3 rings (SSSR count). The second-order valence-electron chi connectivity index (χ2n) is 5.23. The van der Waals surface area contributed by atoms with E-state index in [1.54, 1.807) is 18.2 Å². The molecular formula is C17H15Cl2NO. The molecular weight excluding hydrogens is 305 g/mol. The lowest BCUT2D eigenvalue weighted by atomic mass is 9.90. The molecule has 0 aromatic heterocycles. The number of carbonyl (C=O) groups excluding carboxylic acids is 1. The summed E-state index contributed by atoms with van der Waals surface area (Å²) in [4.78, 5) is 12.4. The summed E-state index contributed by atoms with van der Waals surface area (Å²) >= 11 is 11.9. The normalized spacial score (nSPS) is 13.6. The number of anilines is 1. The number of carbonyl (C=O) groups is 1. The number of rotatable bonds is 2. The van der Waals surface area contributed by atoms with Crippen LogP contribution in [-0.2, 0) is 12.8 Å². The molecule has 0 atom stereocenters. The molecule has 0 saturated heterocycles. The van der Waals surface area contributed by atoms with Crippen molar-refractivity contribution in [3.05, 3.63) is 63.1 Å². The second-order valence-corrected chi connectivity index (χ2v) is 6.07. The van der Waals surface area contributed by atoms with Gasteiger partial charge in [-0.05, 0) is 61.1 Å². The van der Waals surface area contributed by atoms with E-state index in [2.05, 4.69) is 11.4 Å². The van der Waals surface area contributed by atoms with E-state index in [0.717, 1.165) is 18.5 Å². The highest BCUT2D eigenvalue weighted by molar-refractivity contribution is 6.37. The summed E-state index contributed by atoms with van der Waals surface area (Å²) in [6.07, 6.45) is 4.48. The van der Waals surface area contributed by atoms with Crippen LogP contribution in [0.1, 0.15) is 34.3 Å². The van der Waals surface area contributed by atoms with Gasteiger partial charge in [0.15, 0.2) is 0 Å². The first-order valence-corrected chi connectivity index (χ1v) is 7.78. The Hall–Kier alpha value is -1.51. The Morgan fingerprint density at radius 2 is 1.86 bits per heavy atom.